The zero-order valence-electron chi connectivity index (χ0n) is 18.3. The van der Waals surface area contributed by atoms with Crippen LogP contribution in [0.1, 0.15) is 17.0 Å². The Balaban J connectivity index is 1.47. The van der Waals surface area contributed by atoms with E-state index in [0.717, 1.165) is 49.4 Å². The Hall–Kier alpha value is -2.65. The van der Waals surface area contributed by atoms with Crippen LogP contribution < -0.4 is 9.64 Å². The molecule has 1 saturated heterocycles. The minimum Gasteiger partial charge on any atom is -0.494 e. The number of ether oxygens (including phenoxy) is 2. The number of para-hydroxylation sites is 1. The zero-order valence-corrected chi connectivity index (χ0v) is 19.8. The number of amides is 1. The zero-order chi connectivity index (χ0) is 22.8. The third-order valence-corrected chi connectivity index (χ3v) is 7.28. The maximum Gasteiger partial charge on any atom is 0.295 e. The summed E-state index contributed by atoms with van der Waals surface area (Å²) in [5, 5.41) is 2.05. The number of nitrogens with zero attached hydrogens (tertiary/aromatic N) is 3. The molecule has 0 unspecified atom stereocenters. The SMILES string of the molecule is COc1ccc(Cl)c2sc(N(CCCN3CCOCC3)C(=O)c3cc4ccccc4o3)nc12. The summed E-state index contributed by atoms with van der Waals surface area (Å²) in [5.74, 6) is 0.698. The van der Waals surface area contributed by atoms with Gasteiger partial charge in [-0.05, 0) is 30.7 Å². The van der Waals surface area contributed by atoms with E-state index in [2.05, 4.69) is 4.90 Å². The molecule has 0 bridgehead atoms. The number of morpholine rings is 1. The largest absolute Gasteiger partial charge is 0.494 e. The van der Waals surface area contributed by atoms with Gasteiger partial charge < -0.3 is 13.9 Å². The van der Waals surface area contributed by atoms with Gasteiger partial charge in [0.25, 0.3) is 5.91 Å². The summed E-state index contributed by atoms with van der Waals surface area (Å²) in [6.07, 6.45) is 0.798. The number of carbonyl (C=O) groups is 1. The second-order valence-corrected chi connectivity index (χ2v) is 9.22. The molecule has 5 rings (SSSR count). The predicted octanol–water partition coefficient (Wildman–Crippen LogP) is 5.07. The molecule has 0 aliphatic carbocycles. The van der Waals surface area contributed by atoms with Crippen molar-refractivity contribution in [3.05, 3.63) is 53.2 Å². The van der Waals surface area contributed by atoms with E-state index in [0.29, 0.717) is 39.3 Å². The van der Waals surface area contributed by atoms with Crippen molar-refractivity contribution in [2.24, 2.45) is 0 Å². The average Bonchev–Trinajstić information content (AvgIpc) is 3.48. The van der Waals surface area contributed by atoms with Crippen LogP contribution >= 0.6 is 22.9 Å². The number of fused-ring (bicyclic) bond motifs is 2. The minimum atomic E-state index is -0.220. The maximum absolute atomic E-state index is 13.6. The molecular weight excluding hydrogens is 462 g/mol. The van der Waals surface area contributed by atoms with Crippen LogP contribution in [-0.4, -0.2) is 62.3 Å². The van der Waals surface area contributed by atoms with E-state index in [1.807, 2.05) is 24.3 Å². The Bertz CT molecular complexity index is 1250. The molecule has 0 atom stereocenters. The lowest BCUT2D eigenvalue weighted by atomic mass is 10.2. The number of anilines is 1. The average molecular weight is 486 g/mol. The number of carbonyl (C=O) groups excluding carboxylic acids is 1. The predicted molar refractivity (Wildman–Crippen MR) is 131 cm³/mol. The third-order valence-electron chi connectivity index (χ3n) is 5.74. The van der Waals surface area contributed by atoms with Crippen LogP contribution in [0.4, 0.5) is 5.13 Å². The van der Waals surface area contributed by atoms with Crippen LogP contribution in [0.2, 0.25) is 5.02 Å². The van der Waals surface area contributed by atoms with Gasteiger partial charge in [0.05, 0.1) is 30.0 Å². The van der Waals surface area contributed by atoms with E-state index < -0.39 is 0 Å². The standard InChI is InChI=1S/C24H24ClN3O4S/c1-30-19-8-7-17(25)22-21(19)26-24(33-22)28(10-4-9-27-11-13-31-14-12-27)23(29)20-15-16-5-2-3-6-18(16)32-20/h2-3,5-8,15H,4,9-14H2,1H3. The number of furan rings is 1. The highest BCUT2D eigenvalue weighted by Crippen LogP contribution is 2.39. The number of methoxy groups -OCH3 is 1. The number of hydrogen-bond donors (Lipinski definition) is 0. The summed E-state index contributed by atoms with van der Waals surface area (Å²) in [7, 11) is 1.60. The van der Waals surface area contributed by atoms with E-state index in [4.69, 9.17) is 30.5 Å². The van der Waals surface area contributed by atoms with Gasteiger partial charge in [-0.25, -0.2) is 4.98 Å². The highest BCUT2D eigenvalue weighted by molar-refractivity contribution is 7.23. The first-order chi connectivity index (χ1) is 16.1. The molecule has 0 saturated carbocycles. The van der Waals surface area contributed by atoms with Crippen molar-refractivity contribution < 1.29 is 18.7 Å². The summed E-state index contributed by atoms with van der Waals surface area (Å²) in [4.78, 5) is 22.4. The van der Waals surface area contributed by atoms with Crippen molar-refractivity contribution >= 4 is 55.2 Å². The Morgan fingerprint density at radius 1 is 1.24 bits per heavy atom. The van der Waals surface area contributed by atoms with Gasteiger partial charge in [0.1, 0.15) is 16.8 Å². The second kappa shape index (κ2) is 9.69. The van der Waals surface area contributed by atoms with Gasteiger partial charge in [0, 0.05) is 31.6 Å². The van der Waals surface area contributed by atoms with Crippen molar-refractivity contribution in [1.29, 1.82) is 0 Å². The quantitative estimate of drug-likeness (QED) is 0.364. The van der Waals surface area contributed by atoms with Gasteiger partial charge in [-0.1, -0.05) is 41.1 Å². The van der Waals surface area contributed by atoms with Crippen LogP contribution in [0.15, 0.2) is 46.9 Å². The van der Waals surface area contributed by atoms with E-state index in [1.165, 1.54) is 11.3 Å². The molecule has 172 valence electrons. The molecule has 2 aromatic heterocycles. The fraction of sp³-hybridized carbons (Fsp3) is 0.333. The van der Waals surface area contributed by atoms with Crippen LogP contribution in [-0.2, 0) is 4.74 Å². The van der Waals surface area contributed by atoms with Gasteiger partial charge in [-0.3, -0.25) is 14.6 Å². The minimum absolute atomic E-state index is 0.220. The molecule has 3 heterocycles. The van der Waals surface area contributed by atoms with Gasteiger partial charge >= 0.3 is 0 Å². The van der Waals surface area contributed by atoms with E-state index >= 15 is 0 Å². The Morgan fingerprint density at radius 3 is 2.85 bits per heavy atom. The second-order valence-electron chi connectivity index (χ2n) is 7.84. The molecule has 4 aromatic rings. The van der Waals surface area contributed by atoms with Gasteiger partial charge in [0.15, 0.2) is 10.9 Å². The normalized spacial score (nSPS) is 14.7. The monoisotopic (exact) mass is 485 g/mol. The molecule has 1 aliphatic rings. The molecule has 2 aromatic carbocycles. The van der Waals surface area contributed by atoms with E-state index in [9.17, 15) is 4.79 Å². The number of aromatic nitrogens is 1. The third kappa shape index (κ3) is 4.56. The van der Waals surface area contributed by atoms with Crippen LogP contribution in [0.5, 0.6) is 5.75 Å². The molecule has 33 heavy (non-hydrogen) atoms. The first-order valence-corrected chi connectivity index (χ1v) is 12.1. The van der Waals surface area contributed by atoms with E-state index in [1.54, 1.807) is 30.2 Å². The van der Waals surface area contributed by atoms with Crippen LogP contribution in [0.3, 0.4) is 0 Å². The van der Waals surface area contributed by atoms with Crippen LogP contribution in [0, 0.1) is 0 Å². The first kappa shape index (κ1) is 22.2. The summed E-state index contributed by atoms with van der Waals surface area (Å²) >= 11 is 7.82. The molecule has 9 heteroatoms. The maximum atomic E-state index is 13.6. The topological polar surface area (TPSA) is 68.0 Å². The van der Waals surface area contributed by atoms with Gasteiger partial charge in [0.2, 0.25) is 0 Å². The summed E-state index contributed by atoms with van der Waals surface area (Å²) in [6, 6.07) is 13.0. The Kier molecular flexibility index (Phi) is 6.50. The molecule has 1 amide bonds. The van der Waals surface area contributed by atoms with Crippen molar-refractivity contribution in [2.45, 2.75) is 6.42 Å². The van der Waals surface area contributed by atoms with Crippen molar-refractivity contribution in [1.82, 2.24) is 9.88 Å². The molecule has 0 radical (unpaired) electrons. The van der Waals surface area contributed by atoms with Crippen LogP contribution in [0.25, 0.3) is 21.2 Å². The number of rotatable bonds is 7. The number of hydrogen-bond acceptors (Lipinski definition) is 7. The fourth-order valence-corrected chi connectivity index (χ4v) is 5.28. The highest BCUT2D eigenvalue weighted by atomic mass is 35.5. The highest BCUT2D eigenvalue weighted by Gasteiger charge is 2.26. The molecule has 7 nitrogen and oxygen atoms in total. The number of thiazole rings is 1. The molecule has 0 spiro atoms. The van der Waals surface area contributed by atoms with Crippen molar-refractivity contribution in [3.63, 3.8) is 0 Å². The lowest BCUT2D eigenvalue weighted by Gasteiger charge is -2.27. The molecular formula is C24H24ClN3O4S. The van der Waals surface area contributed by atoms with Gasteiger partial charge in [-0.15, -0.1) is 0 Å². The molecule has 1 fully saturated rings. The van der Waals surface area contributed by atoms with E-state index in [-0.39, 0.29) is 5.91 Å². The molecule has 0 N–H and O–H groups in total. The fourth-order valence-electron chi connectivity index (χ4n) is 4.00. The summed E-state index contributed by atoms with van der Waals surface area (Å²) in [5.41, 5.74) is 1.34. The number of halogens is 1. The lowest BCUT2D eigenvalue weighted by molar-refractivity contribution is 0.0376. The number of benzene rings is 2. The Morgan fingerprint density at radius 2 is 2.06 bits per heavy atom. The van der Waals surface area contributed by atoms with Gasteiger partial charge in [-0.2, -0.15) is 0 Å². The first-order valence-electron chi connectivity index (χ1n) is 10.9. The Labute approximate surface area is 200 Å². The molecule has 1 aliphatic heterocycles. The lowest BCUT2D eigenvalue weighted by Crippen LogP contribution is -2.39. The van der Waals surface area contributed by atoms with Crippen molar-refractivity contribution in [2.75, 3.05) is 51.4 Å². The van der Waals surface area contributed by atoms with Crippen molar-refractivity contribution in [3.8, 4) is 5.75 Å². The smallest absolute Gasteiger partial charge is 0.295 e. The summed E-state index contributed by atoms with van der Waals surface area (Å²) in [6.45, 7) is 4.70. The summed E-state index contributed by atoms with van der Waals surface area (Å²) < 4.78 is 17.6.